The summed E-state index contributed by atoms with van der Waals surface area (Å²) >= 11 is 0. The Morgan fingerprint density at radius 2 is 2.00 bits per heavy atom. The summed E-state index contributed by atoms with van der Waals surface area (Å²) in [7, 11) is 0. The fourth-order valence-corrected chi connectivity index (χ4v) is 8.14. The average Bonchev–Trinajstić information content (AvgIpc) is 3.71. The topological polar surface area (TPSA) is 92.7 Å². The molecule has 4 aliphatic rings. The summed E-state index contributed by atoms with van der Waals surface area (Å²) in [6, 6.07) is 8.52. The van der Waals surface area contributed by atoms with Crippen molar-refractivity contribution < 1.29 is 27.4 Å². The number of nitrogens with zero attached hydrogens (tertiary/aromatic N) is 5. The van der Waals surface area contributed by atoms with Crippen LogP contribution in [0.4, 0.5) is 23.8 Å². The number of aryl methyl sites for hydroxylation is 1. The van der Waals surface area contributed by atoms with E-state index in [1.54, 1.807) is 24.4 Å². The van der Waals surface area contributed by atoms with Crippen molar-refractivity contribution in [2.45, 2.75) is 62.8 Å². The molecule has 1 amide bonds. The molecule has 6 heterocycles. The minimum absolute atomic E-state index is 0.0125. The number of nitrogens with one attached hydrogen (secondary N) is 1. The Morgan fingerprint density at radius 1 is 1.13 bits per heavy atom. The maximum atomic E-state index is 16.8. The smallest absolute Gasteiger partial charge is 0.407 e. The molecule has 2 aromatic heterocycles. The number of halogens is 3. The van der Waals surface area contributed by atoms with E-state index in [1.165, 1.54) is 6.07 Å². The third-order valence-electron chi connectivity index (χ3n) is 10.3. The molecule has 9 nitrogen and oxygen atoms in total. The van der Waals surface area contributed by atoms with E-state index in [4.69, 9.17) is 14.5 Å². The molecule has 0 radical (unpaired) electrons. The fourth-order valence-electron chi connectivity index (χ4n) is 8.14. The highest BCUT2D eigenvalue weighted by molar-refractivity contribution is 6.01. The average molecular weight is 633 g/mol. The summed E-state index contributed by atoms with van der Waals surface area (Å²) < 4.78 is 58.2. The van der Waals surface area contributed by atoms with Crippen LogP contribution in [-0.4, -0.2) is 82.6 Å². The monoisotopic (exact) mass is 632 g/mol. The molecule has 1 unspecified atom stereocenters. The number of alkyl carbamates (subject to hydrolysis) is 1. The molecule has 240 valence electrons. The number of alkyl halides is 1. The van der Waals surface area contributed by atoms with Gasteiger partial charge in [0.2, 0.25) is 0 Å². The van der Waals surface area contributed by atoms with Crippen LogP contribution >= 0.6 is 0 Å². The van der Waals surface area contributed by atoms with E-state index in [9.17, 15) is 13.6 Å². The number of piperidine rings is 1. The van der Waals surface area contributed by atoms with Gasteiger partial charge in [-0.15, -0.1) is 0 Å². The SMILES string of the molecule is CCc1c(F)ccc2cccc(-c3ncc4c(N5CCCC6(CNC(=O)O6)C5)nc(OC[C@@]56CCCN5C[C@H](F)C6)nc4c3F)c12. The Balaban J connectivity index is 1.25. The number of hydrogen-bond acceptors (Lipinski definition) is 8. The van der Waals surface area contributed by atoms with Crippen LogP contribution in [0.15, 0.2) is 36.5 Å². The van der Waals surface area contributed by atoms with E-state index in [2.05, 4.69) is 20.2 Å². The summed E-state index contributed by atoms with van der Waals surface area (Å²) in [5.74, 6) is -0.600. The zero-order valence-corrected chi connectivity index (χ0v) is 25.6. The summed E-state index contributed by atoms with van der Waals surface area (Å²) in [6.07, 6.45) is 4.14. The van der Waals surface area contributed by atoms with Crippen LogP contribution in [0.2, 0.25) is 0 Å². The van der Waals surface area contributed by atoms with Gasteiger partial charge in [0.15, 0.2) is 5.82 Å². The van der Waals surface area contributed by atoms with Crippen molar-refractivity contribution in [3.05, 3.63) is 53.7 Å². The molecule has 4 aliphatic heterocycles. The second kappa shape index (κ2) is 11.0. The zero-order valence-electron chi connectivity index (χ0n) is 25.6. The lowest BCUT2D eigenvalue weighted by atomic mass is 9.93. The van der Waals surface area contributed by atoms with Gasteiger partial charge in [0, 0.05) is 31.3 Å². The highest BCUT2D eigenvalue weighted by Gasteiger charge is 2.49. The zero-order chi connectivity index (χ0) is 31.6. The maximum absolute atomic E-state index is 16.8. The number of carbonyl (C=O) groups is 1. The first-order valence-electron chi connectivity index (χ1n) is 16.1. The number of amides is 1. The predicted octanol–water partition coefficient (Wildman–Crippen LogP) is 5.72. The van der Waals surface area contributed by atoms with Gasteiger partial charge in [-0.3, -0.25) is 9.88 Å². The summed E-state index contributed by atoms with van der Waals surface area (Å²) in [4.78, 5) is 30.1. The quantitative estimate of drug-likeness (QED) is 0.289. The predicted molar refractivity (Wildman–Crippen MR) is 167 cm³/mol. The molecule has 0 aliphatic carbocycles. The van der Waals surface area contributed by atoms with E-state index in [-0.39, 0.29) is 29.6 Å². The van der Waals surface area contributed by atoms with Crippen LogP contribution in [0.5, 0.6) is 6.01 Å². The van der Waals surface area contributed by atoms with Gasteiger partial charge in [-0.05, 0) is 61.1 Å². The van der Waals surface area contributed by atoms with E-state index in [0.29, 0.717) is 73.2 Å². The number of rotatable bonds is 6. The maximum Gasteiger partial charge on any atom is 0.407 e. The number of pyridine rings is 1. The molecule has 8 rings (SSSR count). The number of hydrogen-bond donors (Lipinski definition) is 1. The number of anilines is 1. The van der Waals surface area contributed by atoms with Crippen LogP contribution in [0, 0.1) is 11.6 Å². The third kappa shape index (κ3) is 4.71. The molecule has 1 N–H and O–H groups in total. The first kappa shape index (κ1) is 29.2. The number of benzene rings is 2. The molecular formula is C34H35F3N6O3. The van der Waals surface area contributed by atoms with Crippen molar-refractivity contribution in [2.24, 2.45) is 0 Å². The van der Waals surface area contributed by atoms with Crippen molar-refractivity contribution in [1.29, 1.82) is 0 Å². The Hall–Kier alpha value is -4.19. The van der Waals surface area contributed by atoms with Gasteiger partial charge in [-0.1, -0.05) is 31.2 Å². The fraction of sp³-hybridized carbons (Fsp3) is 0.471. The van der Waals surface area contributed by atoms with E-state index in [0.717, 1.165) is 31.2 Å². The van der Waals surface area contributed by atoms with Gasteiger partial charge < -0.3 is 19.7 Å². The van der Waals surface area contributed by atoms with Crippen molar-refractivity contribution in [1.82, 2.24) is 25.2 Å². The lowest BCUT2D eigenvalue weighted by Crippen LogP contribution is -2.51. The minimum Gasteiger partial charge on any atom is -0.461 e. The molecule has 0 saturated carbocycles. The lowest BCUT2D eigenvalue weighted by molar-refractivity contribution is 0.0445. The van der Waals surface area contributed by atoms with Crippen LogP contribution < -0.4 is 15.0 Å². The Kier molecular flexibility index (Phi) is 6.97. The second-order valence-electron chi connectivity index (χ2n) is 13.1. The number of fused-ring (bicyclic) bond motifs is 3. The number of aromatic nitrogens is 3. The molecule has 4 fully saturated rings. The van der Waals surface area contributed by atoms with Crippen LogP contribution in [0.3, 0.4) is 0 Å². The van der Waals surface area contributed by atoms with Crippen molar-refractivity contribution in [3.63, 3.8) is 0 Å². The van der Waals surface area contributed by atoms with Gasteiger partial charge in [0.05, 0.1) is 24.0 Å². The molecule has 46 heavy (non-hydrogen) atoms. The summed E-state index contributed by atoms with van der Waals surface area (Å²) in [5.41, 5.74) is -0.141. The van der Waals surface area contributed by atoms with Gasteiger partial charge in [-0.25, -0.2) is 18.0 Å². The lowest BCUT2D eigenvalue weighted by Gasteiger charge is -2.39. The Bertz CT molecular complexity index is 1880. The van der Waals surface area contributed by atoms with Crippen LogP contribution in [0.25, 0.3) is 32.9 Å². The minimum atomic E-state index is -0.922. The standard InChI is InChI=1S/C34H35F3N6O3/c1-2-22-25(36)9-8-20-6-3-7-23(26(20)22)28-27(37)29-24(15-38-28)30(42-12-5-11-34(18-42)17-39-32(44)46-34)41-31(40-29)45-19-33-10-4-13-43(33)16-21(35)14-33/h3,6-9,15,21H,2,4-5,10-14,16-19H2,1H3,(H,39,44)/t21-,33+,34?/m1/s1. The van der Waals surface area contributed by atoms with Gasteiger partial charge in [-0.2, -0.15) is 9.97 Å². The molecule has 4 saturated heterocycles. The van der Waals surface area contributed by atoms with Crippen molar-refractivity contribution >= 4 is 33.6 Å². The van der Waals surface area contributed by atoms with Crippen LogP contribution in [-0.2, 0) is 11.2 Å². The Morgan fingerprint density at radius 3 is 2.83 bits per heavy atom. The summed E-state index contributed by atoms with van der Waals surface area (Å²) in [6.45, 7) is 4.56. The second-order valence-corrected chi connectivity index (χ2v) is 13.1. The number of carbonyl (C=O) groups excluding carboxylic acids is 1. The van der Waals surface area contributed by atoms with E-state index in [1.807, 2.05) is 17.9 Å². The van der Waals surface area contributed by atoms with Crippen molar-refractivity contribution in [3.8, 4) is 17.3 Å². The molecule has 3 atom stereocenters. The first-order valence-corrected chi connectivity index (χ1v) is 16.1. The number of ether oxygens (including phenoxy) is 2. The molecule has 12 heteroatoms. The van der Waals surface area contributed by atoms with Gasteiger partial charge >= 0.3 is 12.1 Å². The molecule has 4 aromatic rings. The highest BCUT2D eigenvalue weighted by atomic mass is 19.1. The van der Waals surface area contributed by atoms with E-state index < -0.39 is 29.2 Å². The summed E-state index contributed by atoms with van der Waals surface area (Å²) in [5, 5.41) is 4.54. The van der Waals surface area contributed by atoms with Gasteiger partial charge in [0.1, 0.15) is 41.2 Å². The molecule has 0 bridgehead atoms. The van der Waals surface area contributed by atoms with Crippen LogP contribution in [0.1, 0.15) is 44.6 Å². The molecular weight excluding hydrogens is 597 g/mol. The molecule has 1 spiro atoms. The van der Waals surface area contributed by atoms with E-state index >= 15 is 4.39 Å². The first-order chi connectivity index (χ1) is 22.3. The van der Waals surface area contributed by atoms with Gasteiger partial charge in [0.25, 0.3) is 0 Å². The Labute approximate surface area is 264 Å². The highest BCUT2D eigenvalue weighted by Crippen LogP contribution is 2.42. The molecule has 2 aromatic carbocycles. The third-order valence-corrected chi connectivity index (χ3v) is 10.3. The van der Waals surface area contributed by atoms with Crippen molar-refractivity contribution in [2.75, 3.05) is 44.2 Å². The normalized spacial score (nSPS) is 26.2. The largest absolute Gasteiger partial charge is 0.461 e.